The van der Waals surface area contributed by atoms with Crippen molar-refractivity contribution in [3.63, 3.8) is 0 Å². The van der Waals surface area contributed by atoms with Crippen LogP contribution in [0.5, 0.6) is 0 Å². The maximum absolute atomic E-state index is 13.5. The van der Waals surface area contributed by atoms with Gasteiger partial charge in [-0.15, -0.1) is 0 Å². The summed E-state index contributed by atoms with van der Waals surface area (Å²) in [5, 5.41) is 6.30. The first kappa shape index (κ1) is 14.0. The van der Waals surface area contributed by atoms with Crippen LogP contribution in [0.4, 0.5) is 4.39 Å². The molecule has 0 unspecified atom stereocenters. The third-order valence-corrected chi connectivity index (χ3v) is 3.30. The van der Waals surface area contributed by atoms with E-state index in [0.717, 1.165) is 25.9 Å². The van der Waals surface area contributed by atoms with Gasteiger partial charge < -0.3 is 10.6 Å². The van der Waals surface area contributed by atoms with Gasteiger partial charge in [0.15, 0.2) is 0 Å². The first-order valence-corrected chi connectivity index (χ1v) is 6.66. The predicted molar refractivity (Wildman–Crippen MR) is 73.9 cm³/mol. The Morgan fingerprint density at radius 1 is 1.47 bits per heavy atom. The highest BCUT2D eigenvalue weighted by Gasteiger charge is 2.12. The van der Waals surface area contributed by atoms with Gasteiger partial charge in [0.05, 0.1) is 5.56 Å². The average molecular weight is 283 g/mol. The number of hydrogen-bond acceptors (Lipinski definition) is 2. The van der Waals surface area contributed by atoms with E-state index in [0.29, 0.717) is 11.6 Å². The lowest BCUT2D eigenvalue weighted by molar-refractivity contribution is 0.0950. The Morgan fingerprint density at radius 3 is 3.05 bits per heavy atom. The van der Waals surface area contributed by atoms with E-state index < -0.39 is 11.7 Å². The zero-order valence-corrected chi connectivity index (χ0v) is 11.3. The summed E-state index contributed by atoms with van der Waals surface area (Å²) in [7, 11) is 0. The number of carbonyl (C=O) groups is 1. The minimum absolute atomic E-state index is 0.00760. The summed E-state index contributed by atoms with van der Waals surface area (Å²) < 4.78 is 13.5. The van der Waals surface area contributed by atoms with E-state index in [1.54, 1.807) is 0 Å². The van der Waals surface area contributed by atoms with Gasteiger partial charge in [-0.1, -0.05) is 23.3 Å². The largest absolute Gasteiger partial charge is 0.352 e. The van der Waals surface area contributed by atoms with Gasteiger partial charge in [-0.2, -0.15) is 0 Å². The van der Waals surface area contributed by atoms with Crippen molar-refractivity contribution in [1.29, 1.82) is 0 Å². The first-order chi connectivity index (χ1) is 9.16. The highest BCUT2D eigenvalue weighted by molar-refractivity contribution is 6.30. The highest BCUT2D eigenvalue weighted by Crippen LogP contribution is 2.15. The van der Waals surface area contributed by atoms with Crippen LogP contribution in [-0.2, 0) is 0 Å². The highest BCUT2D eigenvalue weighted by atomic mass is 35.5. The molecule has 1 aromatic carbocycles. The molecular formula is C14H16ClFN2O. The normalized spacial score (nSPS) is 14.9. The van der Waals surface area contributed by atoms with Crippen LogP contribution in [0.1, 0.15) is 23.2 Å². The maximum Gasteiger partial charge on any atom is 0.254 e. The predicted octanol–water partition coefficient (Wildman–Crippen LogP) is 2.52. The molecule has 0 bridgehead atoms. The first-order valence-electron chi connectivity index (χ1n) is 6.28. The lowest BCUT2D eigenvalue weighted by atomic mass is 10.1. The molecule has 0 saturated carbocycles. The van der Waals surface area contributed by atoms with Gasteiger partial charge in [0.25, 0.3) is 5.91 Å². The average Bonchev–Trinajstić information content (AvgIpc) is 2.42. The zero-order valence-electron chi connectivity index (χ0n) is 10.5. The number of halogens is 2. The van der Waals surface area contributed by atoms with Gasteiger partial charge in [-0.05, 0) is 37.6 Å². The fourth-order valence-electron chi connectivity index (χ4n) is 2.00. The van der Waals surface area contributed by atoms with Gasteiger partial charge in [0.2, 0.25) is 0 Å². The molecule has 0 fully saturated rings. The Labute approximate surface area is 116 Å². The van der Waals surface area contributed by atoms with Crippen LogP contribution >= 0.6 is 11.6 Å². The molecular weight excluding hydrogens is 267 g/mol. The molecule has 1 heterocycles. The molecule has 19 heavy (non-hydrogen) atoms. The molecule has 1 aliphatic rings. The third kappa shape index (κ3) is 4.04. The summed E-state index contributed by atoms with van der Waals surface area (Å²) in [5.41, 5.74) is 1.32. The molecule has 0 aromatic heterocycles. The Kier molecular flexibility index (Phi) is 4.93. The number of rotatable bonds is 4. The molecule has 1 aromatic rings. The summed E-state index contributed by atoms with van der Waals surface area (Å²) >= 11 is 5.75. The summed E-state index contributed by atoms with van der Waals surface area (Å²) in [5.74, 6) is -0.975. The molecule has 3 nitrogen and oxygen atoms in total. The van der Waals surface area contributed by atoms with E-state index >= 15 is 0 Å². The van der Waals surface area contributed by atoms with Crippen molar-refractivity contribution in [2.45, 2.75) is 12.8 Å². The van der Waals surface area contributed by atoms with Crippen LogP contribution < -0.4 is 10.6 Å². The Balaban J connectivity index is 1.87. The number of carbonyl (C=O) groups excluding carboxylic acids is 1. The van der Waals surface area contributed by atoms with E-state index in [1.807, 2.05) is 0 Å². The topological polar surface area (TPSA) is 41.1 Å². The monoisotopic (exact) mass is 282 g/mol. The summed E-state index contributed by atoms with van der Waals surface area (Å²) in [6, 6.07) is 3.97. The smallest absolute Gasteiger partial charge is 0.254 e. The molecule has 2 N–H and O–H groups in total. The van der Waals surface area contributed by atoms with Gasteiger partial charge in [-0.3, -0.25) is 4.79 Å². The molecule has 102 valence electrons. The van der Waals surface area contributed by atoms with E-state index in [1.165, 1.54) is 23.8 Å². The van der Waals surface area contributed by atoms with E-state index in [2.05, 4.69) is 16.7 Å². The summed E-state index contributed by atoms with van der Waals surface area (Å²) in [4.78, 5) is 11.8. The van der Waals surface area contributed by atoms with Gasteiger partial charge in [-0.25, -0.2) is 4.39 Å². The summed E-state index contributed by atoms with van der Waals surface area (Å²) in [6.07, 6.45) is 3.94. The van der Waals surface area contributed by atoms with Crippen LogP contribution in [0.2, 0.25) is 5.02 Å². The van der Waals surface area contributed by atoms with Crippen molar-refractivity contribution in [1.82, 2.24) is 10.6 Å². The molecule has 5 heteroatoms. The number of amides is 1. The van der Waals surface area contributed by atoms with Crippen molar-refractivity contribution >= 4 is 17.5 Å². The molecule has 0 atom stereocenters. The van der Waals surface area contributed by atoms with Crippen molar-refractivity contribution in [3.05, 3.63) is 46.3 Å². The third-order valence-electron chi connectivity index (χ3n) is 3.06. The van der Waals surface area contributed by atoms with Crippen molar-refractivity contribution < 1.29 is 9.18 Å². The number of benzene rings is 1. The molecule has 0 radical (unpaired) electrons. The Hall–Kier alpha value is -1.39. The maximum atomic E-state index is 13.5. The standard InChI is InChI=1S/C14H16ClFN2O/c15-11-1-2-13(16)12(9-11)14(19)18-8-5-10-3-6-17-7-4-10/h1-3,9,17H,4-8H2,(H,18,19). The fourth-order valence-corrected chi connectivity index (χ4v) is 2.17. The second-order valence-corrected chi connectivity index (χ2v) is 4.88. The van der Waals surface area contributed by atoms with Gasteiger partial charge in [0.1, 0.15) is 5.82 Å². The van der Waals surface area contributed by atoms with Crippen LogP contribution in [-0.4, -0.2) is 25.5 Å². The van der Waals surface area contributed by atoms with Gasteiger partial charge in [0, 0.05) is 18.1 Å². The van der Waals surface area contributed by atoms with Gasteiger partial charge >= 0.3 is 0 Å². The van der Waals surface area contributed by atoms with Crippen LogP contribution in [0, 0.1) is 5.82 Å². The summed E-state index contributed by atoms with van der Waals surface area (Å²) in [6.45, 7) is 2.37. The minimum atomic E-state index is -0.553. The molecule has 1 amide bonds. The second-order valence-electron chi connectivity index (χ2n) is 4.45. The second kappa shape index (κ2) is 6.68. The van der Waals surface area contributed by atoms with E-state index in [-0.39, 0.29) is 5.56 Å². The molecule has 0 spiro atoms. The van der Waals surface area contributed by atoms with Crippen molar-refractivity contribution in [3.8, 4) is 0 Å². The zero-order chi connectivity index (χ0) is 13.7. The quantitative estimate of drug-likeness (QED) is 0.833. The minimum Gasteiger partial charge on any atom is -0.352 e. The number of hydrogen-bond donors (Lipinski definition) is 2. The fraction of sp³-hybridized carbons (Fsp3) is 0.357. The lowest BCUT2D eigenvalue weighted by Crippen LogP contribution is -2.27. The van der Waals surface area contributed by atoms with E-state index in [4.69, 9.17) is 11.6 Å². The molecule has 0 saturated heterocycles. The SMILES string of the molecule is O=C(NCCC1=CCNCC1)c1cc(Cl)ccc1F. The Bertz CT molecular complexity index is 502. The number of nitrogens with one attached hydrogen (secondary N) is 2. The molecule has 0 aliphatic carbocycles. The lowest BCUT2D eigenvalue weighted by Gasteiger charge is -2.14. The molecule has 2 rings (SSSR count). The van der Waals surface area contributed by atoms with Crippen LogP contribution in [0.3, 0.4) is 0 Å². The van der Waals surface area contributed by atoms with Crippen molar-refractivity contribution in [2.75, 3.05) is 19.6 Å². The van der Waals surface area contributed by atoms with E-state index in [9.17, 15) is 9.18 Å². The molecule has 1 aliphatic heterocycles. The van der Waals surface area contributed by atoms with Crippen molar-refractivity contribution in [2.24, 2.45) is 0 Å². The Morgan fingerprint density at radius 2 is 2.32 bits per heavy atom. The van der Waals surface area contributed by atoms with Crippen LogP contribution in [0.15, 0.2) is 29.8 Å². The van der Waals surface area contributed by atoms with Crippen LogP contribution in [0.25, 0.3) is 0 Å².